The van der Waals surface area contributed by atoms with Crippen molar-refractivity contribution in [1.29, 1.82) is 0 Å². The molecule has 0 bridgehead atoms. The number of pyridine rings is 1. The Balaban J connectivity index is 1.62. The highest BCUT2D eigenvalue weighted by atomic mass is 35.5. The van der Waals surface area contributed by atoms with E-state index in [1.54, 1.807) is 41.4 Å². The smallest absolute Gasteiger partial charge is 0.488 e. The van der Waals surface area contributed by atoms with Crippen LogP contribution in [0.25, 0.3) is 0 Å². The van der Waals surface area contributed by atoms with Crippen molar-refractivity contribution >= 4 is 34.7 Å². The van der Waals surface area contributed by atoms with E-state index in [0.717, 1.165) is 12.1 Å². The SMILES string of the molecule is O=C(Nc1ccc(OC(F)(F)F)cc1)c1cccc2c1OC[C@@H](CO)N2c1ncccc1Cl. The van der Waals surface area contributed by atoms with Gasteiger partial charge in [0.25, 0.3) is 5.91 Å². The molecule has 0 spiro atoms. The van der Waals surface area contributed by atoms with Crippen molar-refractivity contribution in [2.75, 3.05) is 23.4 Å². The van der Waals surface area contributed by atoms with E-state index in [9.17, 15) is 23.1 Å². The number of ether oxygens (including phenoxy) is 2. The molecule has 0 saturated heterocycles. The molecule has 4 rings (SSSR count). The van der Waals surface area contributed by atoms with E-state index >= 15 is 0 Å². The molecule has 2 N–H and O–H groups in total. The number of carbonyl (C=O) groups is 1. The number of nitrogens with zero attached hydrogens (tertiary/aromatic N) is 2. The van der Waals surface area contributed by atoms with Gasteiger partial charge in [0.15, 0.2) is 11.6 Å². The monoisotopic (exact) mass is 479 g/mol. The van der Waals surface area contributed by atoms with Crippen LogP contribution in [0, 0.1) is 0 Å². The van der Waals surface area contributed by atoms with Gasteiger partial charge in [0.1, 0.15) is 12.4 Å². The zero-order valence-electron chi connectivity index (χ0n) is 16.8. The molecule has 0 unspecified atom stereocenters. The Kier molecular flexibility index (Phi) is 6.30. The second-order valence-electron chi connectivity index (χ2n) is 7.01. The number of rotatable bonds is 5. The van der Waals surface area contributed by atoms with E-state index in [4.69, 9.17) is 16.3 Å². The number of hydrogen-bond donors (Lipinski definition) is 2. The highest BCUT2D eigenvalue weighted by Crippen LogP contribution is 2.42. The van der Waals surface area contributed by atoms with E-state index in [1.165, 1.54) is 12.1 Å². The first-order valence-electron chi connectivity index (χ1n) is 9.70. The molecular weight excluding hydrogens is 463 g/mol. The van der Waals surface area contributed by atoms with Crippen molar-refractivity contribution in [3.8, 4) is 11.5 Å². The first kappa shape index (κ1) is 22.7. The summed E-state index contributed by atoms with van der Waals surface area (Å²) in [5.41, 5.74) is 0.944. The second kappa shape index (κ2) is 9.16. The van der Waals surface area contributed by atoms with E-state index in [2.05, 4.69) is 15.0 Å². The van der Waals surface area contributed by atoms with E-state index in [0.29, 0.717) is 16.5 Å². The lowest BCUT2D eigenvalue weighted by Crippen LogP contribution is -2.43. The summed E-state index contributed by atoms with van der Waals surface area (Å²) in [5, 5.41) is 12.8. The van der Waals surface area contributed by atoms with Gasteiger partial charge in [0.2, 0.25) is 0 Å². The summed E-state index contributed by atoms with van der Waals surface area (Å²) in [6.07, 6.45) is -3.24. The van der Waals surface area contributed by atoms with E-state index in [-0.39, 0.29) is 30.2 Å². The summed E-state index contributed by atoms with van der Waals surface area (Å²) < 4.78 is 46.6. The fraction of sp³-hybridized carbons (Fsp3) is 0.182. The molecule has 3 aromatic rings. The number of aliphatic hydroxyl groups excluding tert-OH is 1. The van der Waals surface area contributed by atoms with Crippen LogP contribution in [0.5, 0.6) is 11.5 Å². The van der Waals surface area contributed by atoms with Gasteiger partial charge in [-0.3, -0.25) is 4.79 Å². The van der Waals surface area contributed by atoms with Crippen LogP contribution >= 0.6 is 11.6 Å². The van der Waals surface area contributed by atoms with Crippen molar-refractivity contribution < 1.29 is 32.5 Å². The van der Waals surface area contributed by atoms with Crippen molar-refractivity contribution in [1.82, 2.24) is 4.98 Å². The van der Waals surface area contributed by atoms with Gasteiger partial charge in [-0.05, 0) is 48.5 Å². The van der Waals surface area contributed by atoms with Crippen LogP contribution in [0.3, 0.4) is 0 Å². The molecule has 0 radical (unpaired) electrons. The van der Waals surface area contributed by atoms with E-state index < -0.39 is 24.1 Å². The highest BCUT2D eigenvalue weighted by molar-refractivity contribution is 6.33. The summed E-state index contributed by atoms with van der Waals surface area (Å²) in [7, 11) is 0. The van der Waals surface area contributed by atoms with Gasteiger partial charge in [-0.15, -0.1) is 13.2 Å². The van der Waals surface area contributed by atoms with Gasteiger partial charge >= 0.3 is 6.36 Å². The van der Waals surface area contributed by atoms with Crippen LogP contribution in [-0.4, -0.2) is 41.6 Å². The predicted molar refractivity (Wildman–Crippen MR) is 115 cm³/mol. The second-order valence-corrected chi connectivity index (χ2v) is 7.41. The van der Waals surface area contributed by atoms with Crippen molar-refractivity contribution in [2.24, 2.45) is 0 Å². The summed E-state index contributed by atoms with van der Waals surface area (Å²) in [4.78, 5) is 19.0. The fourth-order valence-corrected chi connectivity index (χ4v) is 3.62. The Morgan fingerprint density at radius 3 is 2.64 bits per heavy atom. The number of fused-ring (bicyclic) bond motifs is 1. The maximum absolute atomic E-state index is 12.9. The maximum atomic E-state index is 12.9. The number of carbonyl (C=O) groups excluding carboxylic acids is 1. The predicted octanol–water partition coefficient (Wildman–Crippen LogP) is 4.78. The summed E-state index contributed by atoms with van der Waals surface area (Å²) in [5.74, 6) is -0.274. The molecule has 1 atom stereocenters. The largest absolute Gasteiger partial charge is 0.573 e. The maximum Gasteiger partial charge on any atom is 0.573 e. The number of anilines is 3. The Bertz CT molecular complexity index is 1160. The molecule has 33 heavy (non-hydrogen) atoms. The number of alkyl halides is 3. The summed E-state index contributed by atoms with van der Waals surface area (Å²) in [6, 6.07) is 12.5. The third kappa shape index (κ3) is 4.96. The third-order valence-electron chi connectivity index (χ3n) is 4.81. The number of aliphatic hydroxyl groups is 1. The first-order valence-corrected chi connectivity index (χ1v) is 10.1. The minimum atomic E-state index is -4.81. The Labute approximate surface area is 191 Å². The first-order chi connectivity index (χ1) is 15.8. The Hall–Kier alpha value is -3.50. The van der Waals surface area contributed by atoms with Crippen LogP contribution in [0.4, 0.5) is 30.4 Å². The highest BCUT2D eigenvalue weighted by Gasteiger charge is 2.33. The average molecular weight is 480 g/mol. The molecule has 1 aromatic heterocycles. The molecule has 0 saturated carbocycles. The molecule has 2 heterocycles. The molecular formula is C22H17ClF3N3O4. The molecule has 2 aromatic carbocycles. The van der Waals surface area contributed by atoms with E-state index in [1.807, 2.05) is 0 Å². The lowest BCUT2D eigenvalue weighted by atomic mass is 10.1. The van der Waals surface area contributed by atoms with Gasteiger partial charge in [-0.2, -0.15) is 0 Å². The number of nitrogens with one attached hydrogen (secondary N) is 1. The zero-order valence-corrected chi connectivity index (χ0v) is 17.6. The molecule has 172 valence electrons. The topological polar surface area (TPSA) is 83.9 Å². The molecule has 0 fully saturated rings. The summed E-state index contributed by atoms with van der Waals surface area (Å²) in [6.45, 7) is -0.167. The minimum Gasteiger partial charge on any atom is -0.488 e. The van der Waals surface area contributed by atoms with Gasteiger partial charge < -0.3 is 24.8 Å². The average Bonchev–Trinajstić information content (AvgIpc) is 2.78. The summed E-state index contributed by atoms with van der Waals surface area (Å²) >= 11 is 6.32. The number of amides is 1. The normalized spacial score (nSPS) is 15.4. The van der Waals surface area contributed by atoms with Crippen molar-refractivity contribution in [2.45, 2.75) is 12.4 Å². The quantitative estimate of drug-likeness (QED) is 0.548. The number of hydrogen-bond acceptors (Lipinski definition) is 6. The molecule has 1 amide bonds. The van der Waals surface area contributed by atoms with Gasteiger partial charge in [0, 0.05) is 11.9 Å². The number of aromatic nitrogens is 1. The van der Waals surface area contributed by atoms with Crippen molar-refractivity contribution in [3.63, 3.8) is 0 Å². The Morgan fingerprint density at radius 2 is 1.97 bits per heavy atom. The van der Waals surface area contributed by atoms with Crippen LogP contribution < -0.4 is 19.7 Å². The van der Waals surface area contributed by atoms with Gasteiger partial charge in [-0.25, -0.2) is 4.98 Å². The minimum absolute atomic E-state index is 0.0736. The van der Waals surface area contributed by atoms with Crippen LogP contribution in [0.15, 0.2) is 60.8 Å². The van der Waals surface area contributed by atoms with Crippen LogP contribution in [-0.2, 0) is 0 Å². The third-order valence-corrected chi connectivity index (χ3v) is 5.10. The number of para-hydroxylation sites is 1. The molecule has 1 aliphatic rings. The van der Waals surface area contributed by atoms with Crippen LogP contribution in [0.2, 0.25) is 5.02 Å². The van der Waals surface area contributed by atoms with Gasteiger partial charge in [0.05, 0.1) is 28.9 Å². The molecule has 7 nitrogen and oxygen atoms in total. The fourth-order valence-electron chi connectivity index (χ4n) is 3.41. The lowest BCUT2D eigenvalue weighted by Gasteiger charge is -2.37. The van der Waals surface area contributed by atoms with Gasteiger partial charge in [-0.1, -0.05) is 17.7 Å². The molecule has 0 aliphatic carbocycles. The van der Waals surface area contributed by atoms with Crippen molar-refractivity contribution in [3.05, 3.63) is 71.4 Å². The number of benzene rings is 2. The standard InChI is InChI=1S/C22H17ClF3N3O4/c23-17-4-2-10-27-20(17)29-14(11-30)12-32-19-16(3-1-5-18(19)29)21(31)28-13-6-8-15(9-7-13)33-22(24,25)26/h1-10,14,30H,11-12H2,(H,28,31)/t14-/m1/s1. The molecule has 11 heteroatoms. The zero-order chi connectivity index (χ0) is 23.6. The number of halogens is 4. The lowest BCUT2D eigenvalue weighted by molar-refractivity contribution is -0.274. The molecule has 1 aliphatic heterocycles. The van der Waals surface area contributed by atoms with Crippen LogP contribution in [0.1, 0.15) is 10.4 Å². The Morgan fingerprint density at radius 1 is 1.21 bits per heavy atom.